The van der Waals surface area contributed by atoms with Crippen molar-refractivity contribution >= 4 is 28.4 Å². The molecule has 154 valence electrons. The van der Waals surface area contributed by atoms with Gasteiger partial charge in [-0.25, -0.2) is 19.7 Å². The lowest BCUT2D eigenvalue weighted by Crippen LogP contribution is -2.45. The maximum atomic E-state index is 12.6. The molecular formula is C21H22N6O2S. The number of primary amides is 1. The molecule has 30 heavy (non-hydrogen) atoms. The van der Waals surface area contributed by atoms with E-state index in [9.17, 15) is 9.59 Å². The molecule has 3 N–H and O–H groups in total. The SMILES string of the molecule is Cc1nc(NC(=O)N2CCCC2C(N)=O)sc1-c1ccnc(Cc2ccccc2)n1. The highest BCUT2D eigenvalue weighted by Crippen LogP contribution is 2.32. The second kappa shape index (κ2) is 8.58. The largest absolute Gasteiger partial charge is 0.368 e. The molecule has 0 saturated carbocycles. The number of anilines is 1. The average molecular weight is 423 g/mol. The quantitative estimate of drug-likeness (QED) is 0.656. The molecule has 1 saturated heterocycles. The van der Waals surface area contributed by atoms with Crippen molar-refractivity contribution in [3.63, 3.8) is 0 Å². The number of rotatable bonds is 5. The zero-order valence-corrected chi connectivity index (χ0v) is 17.4. The maximum Gasteiger partial charge on any atom is 0.324 e. The Kier molecular flexibility index (Phi) is 5.71. The van der Waals surface area contributed by atoms with Gasteiger partial charge in [0, 0.05) is 19.2 Å². The highest BCUT2D eigenvalue weighted by atomic mass is 32.1. The number of urea groups is 1. The zero-order valence-electron chi connectivity index (χ0n) is 16.5. The van der Waals surface area contributed by atoms with Gasteiger partial charge in [0.05, 0.1) is 16.3 Å². The van der Waals surface area contributed by atoms with Crippen LogP contribution in [-0.4, -0.2) is 44.4 Å². The summed E-state index contributed by atoms with van der Waals surface area (Å²) >= 11 is 1.35. The van der Waals surface area contributed by atoms with Crippen LogP contribution in [0.1, 0.15) is 29.9 Å². The number of thiazole rings is 1. The minimum atomic E-state index is -0.562. The van der Waals surface area contributed by atoms with Crippen LogP contribution in [0.4, 0.5) is 9.93 Å². The van der Waals surface area contributed by atoms with E-state index in [4.69, 9.17) is 5.73 Å². The molecule has 1 aliphatic rings. The third-order valence-corrected chi connectivity index (χ3v) is 6.09. The van der Waals surface area contributed by atoms with Crippen LogP contribution in [0, 0.1) is 6.92 Å². The Bertz CT molecular complexity index is 1070. The third kappa shape index (κ3) is 4.30. The van der Waals surface area contributed by atoms with Crippen LogP contribution in [0.3, 0.4) is 0 Å². The fourth-order valence-corrected chi connectivity index (χ4v) is 4.47. The van der Waals surface area contributed by atoms with Crippen LogP contribution >= 0.6 is 11.3 Å². The van der Waals surface area contributed by atoms with Gasteiger partial charge in [-0.3, -0.25) is 10.1 Å². The summed E-state index contributed by atoms with van der Waals surface area (Å²) in [6, 6.07) is 11.0. The Morgan fingerprint density at radius 1 is 1.23 bits per heavy atom. The van der Waals surface area contributed by atoms with Gasteiger partial charge in [-0.1, -0.05) is 41.7 Å². The van der Waals surface area contributed by atoms with Crippen LogP contribution in [-0.2, 0) is 11.2 Å². The molecule has 1 fully saturated rings. The van der Waals surface area contributed by atoms with Gasteiger partial charge in [-0.15, -0.1) is 0 Å². The molecule has 3 aromatic rings. The number of likely N-dealkylation sites (tertiary alicyclic amines) is 1. The van der Waals surface area contributed by atoms with E-state index >= 15 is 0 Å². The van der Waals surface area contributed by atoms with E-state index in [1.807, 2.05) is 43.3 Å². The Hall–Kier alpha value is -3.33. The first-order valence-electron chi connectivity index (χ1n) is 9.72. The average Bonchev–Trinajstić information content (AvgIpc) is 3.36. The molecule has 3 amide bonds. The molecule has 2 aromatic heterocycles. The van der Waals surface area contributed by atoms with Crippen LogP contribution in [0.2, 0.25) is 0 Å². The van der Waals surface area contributed by atoms with E-state index < -0.39 is 11.9 Å². The molecule has 1 atom stereocenters. The lowest BCUT2D eigenvalue weighted by atomic mass is 10.1. The smallest absolute Gasteiger partial charge is 0.324 e. The molecule has 1 unspecified atom stereocenters. The first-order chi connectivity index (χ1) is 14.5. The van der Waals surface area contributed by atoms with Crippen LogP contribution in [0.25, 0.3) is 10.6 Å². The minimum absolute atomic E-state index is 0.357. The normalized spacial score (nSPS) is 15.9. The summed E-state index contributed by atoms with van der Waals surface area (Å²) < 4.78 is 0. The Morgan fingerprint density at radius 3 is 2.80 bits per heavy atom. The van der Waals surface area contributed by atoms with Gasteiger partial charge in [0.25, 0.3) is 0 Å². The molecule has 0 radical (unpaired) electrons. The topological polar surface area (TPSA) is 114 Å². The van der Waals surface area contributed by atoms with Gasteiger partial charge >= 0.3 is 6.03 Å². The Morgan fingerprint density at radius 2 is 2.03 bits per heavy atom. The van der Waals surface area contributed by atoms with Crippen molar-refractivity contribution in [2.24, 2.45) is 5.73 Å². The minimum Gasteiger partial charge on any atom is -0.368 e. The number of nitrogens with two attached hydrogens (primary N) is 1. The predicted octanol–water partition coefficient (Wildman–Crippen LogP) is 2.98. The van der Waals surface area contributed by atoms with E-state index in [1.54, 1.807) is 6.20 Å². The molecule has 1 aliphatic heterocycles. The molecule has 4 rings (SSSR count). The number of aryl methyl sites for hydroxylation is 1. The van der Waals surface area contributed by atoms with E-state index in [-0.39, 0.29) is 6.03 Å². The summed E-state index contributed by atoms with van der Waals surface area (Å²) in [7, 11) is 0. The molecule has 0 aliphatic carbocycles. The summed E-state index contributed by atoms with van der Waals surface area (Å²) in [5.41, 5.74) is 8.08. The van der Waals surface area contributed by atoms with Crippen LogP contribution in [0.5, 0.6) is 0 Å². The predicted molar refractivity (Wildman–Crippen MR) is 115 cm³/mol. The van der Waals surface area contributed by atoms with Crippen molar-refractivity contribution in [3.05, 3.63) is 59.7 Å². The van der Waals surface area contributed by atoms with Gasteiger partial charge in [-0.05, 0) is 31.4 Å². The molecule has 3 heterocycles. The first-order valence-corrected chi connectivity index (χ1v) is 10.5. The van der Waals surface area contributed by atoms with E-state index in [2.05, 4.69) is 20.3 Å². The van der Waals surface area contributed by atoms with E-state index in [0.29, 0.717) is 24.5 Å². The van der Waals surface area contributed by atoms with Gasteiger partial charge in [-0.2, -0.15) is 0 Å². The van der Waals surface area contributed by atoms with Gasteiger partial charge in [0.1, 0.15) is 11.9 Å². The number of amides is 3. The first kappa shape index (κ1) is 20.0. The molecule has 0 spiro atoms. The fraction of sp³-hybridized carbons (Fsp3) is 0.286. The second-order valence-corrected chi connectivity index (χ2v) is 8.14. The van der Waals surface area contributed by atoms with Crippen molar-refractivity contribution in [3.8, 4) is 10.6 Å². The Labute approximate surface area is 178 Å². The summed E-state index contributed by atoms with van der Waals surface area (Å²) in [6.07, 6.45) is 3.73. The van der Waals surface area contributed by atoms with Crippen molar-refractivity contribution in [1.29, 1.82) is 0 Å². The molecule has 8 nitrogen and oxygen atoms in total. The third-order valence-electron chi connectivity index (χ3n) is 5.00. The van der Waals surface area contributed by atoms with Crippen molar-refractivity contribution < 1.29 is 9.59 Å². The molecule has 9 heteroatoms. The highest BCUT2D eigenvalue weighted by Gasteiger charge is 2.33. The van der Waals surface area contributed by atoms with Crippen molar-refractivity contribution in [2.45, 2.75) is 32.2 Å². The number of nitrogens with one attached hydrogen (secondary N) is 1. The number of aromatic nitrogens is 3. The number of nitrogens with zero attached hydrogens (tertiary/aromatic N) is 4. The number of carbonyl (C=O) groups excluding carboxylic acids is 2. The highest BCUT2D eigenvalue weighted by molar-refractivity contribution is 7.19. The number of hydrogen-bond donors (Lipinski definition) is 2. The fourth-order valence-electron chi connectivity index (χ4n) is 3.55. The maximum absolute atomic E-state index is 12.6. The summed E-state index contributed by atoms with van der Waals surface area (Å²) in [5.74, 6) is 0.240. The molecule has 1 aromatic carbocycles. The number of carbonyl (C=O) groups is 2. The van der Waals surface area contributed by atoms with Gasteiger partial charge in [0.15, 0.2) is 5.13 Å². The van der Waals surface area contributed by atoms with Gasteiger partial charge < -0.3 is 10.6 Å². The number of hydrogen-bond acceptors (Lipinski definition) is 6. The Balaban J connectivity index is 1.51. The lowest BCUT2D eigenvalue weighted by Gasteiger charge is -2.21. The lowest BCUT2D eigenvalue weighted by molar-refractivity contribution is -0.121. The standard InChI is InChI=1S/C21H22N6O2S/c1-13-18(15-9-10-23-17(25-15)12-14-6-3-2-4-7-14)30-20(24-13)26-21(29)27-11-5-8-16(27)19(22)28/h2-4,6-7,9-10,16H,5,8,11-12H2,1H3,(H2,22,28)(H,24,26,29). The van der Waals surface area contributed by atoms with Crippen LogP contribution < -0.4 is 11.1 Å². The zero-order chi connectivity index (χ0) is 21.1. The van der Waals surface area contributed by atoms with E-state index in [0.717, 1.165) is 34.1 Å². The van der Waals surface area contributed by atoms with Crippen molar-refractivity contribution in [2.75, 3.05) is 11.9 Å². The van der Waals surface area contributed by atoms with Crippen molar-refractivity contribution in [1.82, 2.24) is 19.9 Å². The second-order valence-electron chi connectivity index (χ2n) is 7.14. The van der Waals surface area contributed by atoms with E-state index in [1.165, 1.54) is 16.2 Å². The summed E-state index contributed by atoms with van der Waals surface area (Å²) in [6.45, 7) is 2.38. The summed E-state index contributed by atoms with van der Waals surface area (Å²) in [5, 5.41) is 3.26. The van der Waals surface area contributed by atoms with Crippen LogP contribution in [0.15, 0.2) is 42.6 Å². The molecular weight excluding hydrogens is 400 g/mol. The van der Waals surface area contributed by atoms with Gasteiger partial charge in [0.2, 0.25) is 5.91 Å². The molecule has 0 bridgehead atoms. The monoisotopic (exact) mass is 422 g/mol. The number of benzene rings is 1. The summed E-state index contributed by atoms with van der Waals surface area (Å²) in [4.78, 5) is 40.0.